The fourth-order valence-electron chi connectivity index (χ4n) is 3.97. The van der Waals surface area contributed by atoms with Crippen LogP contribution >= 0.6 is 0 Å². The number of halogens is 1. The molecule has 0 saturated carbocycles. The lowest BCUT2D eigenvalue weighted by Crippen LogP contribution is -2.51. The van der Waals surface area contributed by atoms with Gasteiger partial charge in [-0.25, -0.2) is 9.07 Å². The summed E-state index contributed by atoms with van der Waals surface area (Å²) in [4.78, 5) is 29.2. The van der Waals surface area contributed by atoms with Crippen molar-refractivity contribution in [1.82, 2.24) is 20.3 Å². The van der Waals surface area contributed by atoms with Crippen LogP contribution in [-0.4, -0.2) is 39.5 Å². The lowest BCUT2D eigenvalue weighted by atomic mass is 9.98. The van der Waals surface area contributed by atoms with Gasteiger partial charge in [-0.1, -0.05) is 36.4 Å². The maximum absolute atomic E-state index is 14.0. The molecule has 192 valence electrons. The monoisotopic (exact) mass is 503 g/mol. The van der Waals surface area contributed by atoms with E-state index in [1.54, 1.807) is 31.4 Å². The van der Waals surface area contributed by atoms with Crippen molar-refractivity contribution in [2.45, 2.75) is 45.3 Å². The number of fused-ring (bicyclic) bond motifs is 1. The minimum Gasteiger partial charge on any atom is -0.497 e. The molecular weight excluding hydrogens is 473 g/mol. The van der Waals surface area contributed by atoms with E-state index < -0.39 is 17.4 Å². The predicted molar refractivity (Wildman–Crippen MR) is 140 cm³/mol. The molecule has 2 amide bonds. The third-order valence-corrected chi connectivity index (χ3v) is 6.36. The SMILES string of the molecule is CCC(C)(C)NC(=O)C(c1ccc(F)cc1)N(C(=O)Cn1nnc2ccccc21)c1ccc(OC)cc1. The Labute approximate surface area is 215 Å². The molecule has 0 saturated heterocycles. The van der Waals surface area contributed by atoms with E-state index in [1.165, 1.54) is 33.8 Å². The minimum absolute atomic E-state index is 0.158. The highest BCUT2D eigenvalue weighted by molar-refractivity contribution is 6.01. The van der Waals surface area contributed by atoms with Gasteiger partial charge in [-0.2, -0.15) is 0 Å². The van der Waals surface area contributed by atoms with Crippen molar-refractivity contribution >= 4 is 28.5 Å². The maximum atomic E-state index is 14.0. The number of ether oxygens (including phenoxy) is 1. The van der Waals surface area contributed by atoms with E-state index in [2.05, 4.69) is 15.6 Å². The molecule has 4 rings (SSSR count). The summed E-state index contributed by atoms with van der Waals surface area (Å²) in [7, 11) is 1.55. The van der Waals surface area contributed by atoms with Crippen molar-refractivity contribution in [2.24, 2.45) is 0 Å². The summed E-state index contributed by atoms with van der Waals surface area (Å²) in [5, 5.41) is 11.3. The van der Waals surface area contributed by atoms with Crippen LogP contribution in [0.15, 0.2) is 72.8 Å². The number of benzene rings is 3. The average molecular weight is 504 g/mol. The fraction of sp³-hybridized carbons (Fsp3) is 0.286. The number of carbonyl (C=O) groups is 2. The molecule has 1 unspecified atom stereocenters. The topological polar surface area (TPSA) is 89.4 Å². The average Bonchev–Trinajstić information content (AvgIpc) is 3.30. The molecule has 0 fully saturated rings. The summed E-state index contributed by atoms with van der Waals surface area (Å²) in [5.74, 6) is -0.604. The highest BCUT2D eigenvalue weighted by Gasteiger charge is 2.35. The number of rotatable bonds is 9. The molecule has 9 heteroatoms. The Morgan fingerprint density at radius 3 is 2.38 bits per heavy atom. The number of nitrogens with one attached hydrogen (secondary N) is 1. The van der Waals surface area contributed by atoms with Crippen LogP contribution in [0.5, 0.6) is 5.75 Å². The van der Waals surface area contributed by atoms with Gasteiger partial charge in [0.1, 0.15) is 29.7 Å². The Kier molecular flexibility index (Phi) is 7.52. The van der Waals surface area contributed by atoms with Gasteiger partial charge in [0.15, 0.2) is 0 Å². The van der Waals surface area contributed by atoms with Crippen LogP contribution in [0.1, 0.15) is 38.8 Å². The first-order chi connectivity index (χ1) is 17.7. The standard InChI is InChI=1S/C28H30FN5O3/c1-5-28(2,3)30-27(36)26(19-10-12-20(29)13-11-19)34(21-14-16-22(37-4)17-15-21)25(35)18-33-24-9-7-6-8-23(24)31-32-33/h6-17,26H,5,18H2,1-4H3,(H,30,36). The number of para-hydroxylation sites is 1. The van der Waals surface area contributed by atoms with Crippen molar-refractivity contribution in [3.05, 3.63) is 84.2 Å². The van der Waals surface area contributed by atoms with Gasteiger partial charge >= 0.3 is 0 Å². The van der Waals surface area contributed by atoms with Crippen LogP contribution < -0.4 is 15.0 Å². The zero-order valence-corrected chi connectivity index (χ0v) is 21.3. The summed E-state index contributed by atoms with van der Waals surface area (Å²) in [6, 6.07) is 18.7. The summed E-state index contributed by atoms with van der Waals surface area (Å²) in [6.45, 7) is 5.63. The first-order valence-electron chi connectivity index (χ1n) is 12.0. The quantitative estimate of drug-likeness (QED) is 0.359. The number of carbonyl (C=O) groups excluding carboxylic acids is 2. The van der Waals surface area contributed by atoms with E-state index >= 15 is 0 Å². The molecule has 4 aromatic rings. The van der Waals surface area contributed by atoms with E-state index in [0.717, 1.165) is 0 Å². The van der Waals surface area contributed by atoms with Gasteiger partial charge in [-0.3, -0.25) is 14.5 Å². The number of hydrogen-bond acceptors (Lipinski definition) is 5. The molecule has 1 aromatic heterocycles. The van der Waals surface area contributed by atoms with Crippen molar-refractivity contribution < 1.29 is 18.7 Å². The number of methoxy groups -OCH3 is 1. The van der Waals surface area contributed by atoms with Crippen LogP contribution in [0.4, 0.5) is 10.1 Å². The normalized spacial score (nSPS) is 12.2. The molecule has 1 atom stereocenters. The molecular formula is C28H30FN5O3. The van der Waals surface area contributed by atoms with Gasteiger partial charge in [-0.15, -0.1) is 5.10 Å². The van der Waals surface area contributed by atoms with E-state index in [4.69, 9.17) is 4.74 Å². The molecule has 8 nitrogen and oxygen atoms in total. The van der Waals surface area contributed by atoms with Crippen molar-refractivity contribution in [1.29, 1.82) is 0 Å². The van der Waals surface area contributed by atoms with E-state index in [0.29, 0.717) is 34.5 Å². The zero-order chi connectivity index (χ0) is 26.6. The predicted octanol–water partition coefficient (Wildman–Crippen LogP) is 4.66. The van der Waals surface area contributed by atoms with Gasteiger partial charge < -0.3 is 10.1 Å². The van der Waals surface area contributed by atoms with Crippen LogP contribution in [0.2, 0.25) is 0 Å². The Morgan fingerprint density at radius 2 is 1.73 bits per heavy atom. The van der Waals surface area contributed by atoms with E-state index in [9.17, 15) is 14.0 Å². The van der Waals surface area contributed by atoms with Crippen molar-refractivity contribution in [3.63, 3.8) is 0 Å². The Bertz CT molecular complexity index is 1380. The second-order valence-electron chi connectivity index (χ2n) is 9.38. The van der Waals surface area contributed by atoms with E-state index in [-0.39, 0.29) is 18.4 Å². The van der Waals surface area contributed by atoms with Gasteiger partial charge in [0.05, 0.1) is 12.6 Å². The third-order valence-electron chi connectivity index (χ3n) is 6.36. The molecule has 0 bridgehead atoms. The first-order valence-corrected chi connectivity index (χ1v) is 12.0. The van der Waals surface area contributed by atoms with Crippen LogP contribution in [-0.2, 0) is 16.1 Å². The van der Waals surface area contributed by atoms with Gasteiger partial charge in [-0.05, 0) is 74.4 Å². The number of nitrogens with zero attached hydrogens (tertiary/aromatic N) is 4. The number of hydrogen-bond donors (Lipinski definition) is 1. The smallest absolute Gasteiger partial charge is 0.249 e. The molecule has 0 aliphatic carbocycles. The van der Waals surface area contributed by atoms with Gasteiger partial charge in [0.2, 0.25) is 11.8 Å². The summed E-state index contributed by atoms with van der Waals surface area (Å²) < 4.78 is 20.6. The molecule has 1 N–H and O–H groups in total. The molecule has 3 aromatic carbocycles. The molecule has 1 heterocycles. The molecule has 0 aliphatic rings. The fourth-order valence-corrected chi connectivity index (χ4v) is 3.97. The highest BCUT2D eigenvalue weighted by atomic mass is 19.1. The largest absolute Gasteiger partial charge is 0.497 e. The summed E-state index contributed by atoms with van der Waals surface area (Å²) in [5.41, 5.74) is 1.78. The Hall–Kier alpha value is -4.27. The third kappa shape index (κ3) is 5.77. The molecule has 0 radical (unpaired) electrons. The first kappa shape index (κ1) is 25.8. The van der Waals surface area contributed by atoms with E-state index in [1.807, 2.05) is 45.0 Å². The number of aromatic nitrogens is 3. The maximum Gasteiger partial charge on any atom is 0.249 e. The van der Waals surface area contributed by atoms with Crippen molar-refractivity contribution in [2.75, 3.05) is 12.0 Å². The molecule has 0 aliphatic heterocycles. The minimum atomic E-state index is -1.07. The molecule has 0 spiro atoms. The zero-order valence-electron chi connectivity index (χ0n) is 21.3. The summed E-state index contributed by atoms with van der Waals surface area (Å²) in [6.07, 6.45) is 0.677. The van der Waals surface area contributed by atoms with Crippen molar-refractivity contribution in [3.8, 4) is 5.75 Å². The second kappa shape index (κ2) is 10.8. The van der Waals surface area contributed by atoms with Crippen LogP contribution in [0, 0.1) is 5.82 Å². The number of anilines is 1. The second-order valence-corrected chi connectivity index (χ2v) is 9.38. The molecule has 37 heavy (non-hydrogen) atoms. The Balaban J connectivity index is 1.81. The van der Waals surface area contributed by atoms with Crippen LogP contribution in [0.25, 0.3) is 11.0 Å². The lowest BCUT2D eigenvalue weighted by molar-refractivity contribution is -0.128. The van der Waals surface area contributed by atoms with Crippen LogP contribution in [0.3, 0.4) is 0 Å². The highest BCUT2D eigenvalue weighted by Crippen LogP contribution is 2.31. The van der Waals surface area contributed by atoms with Gasteiger partial charge in [0, 0.05) is 11.2 Å². The number of amides is 2. The Morgan fingerprint density at radius 1 is 1.05 bits per heavy atom. The lowest BCUT2D eigenvalue weighted by Gasteiger charge is -2.34. The van der Waals surface area contributed by atoms with Gasteiger partial charge in [0.25, 0.3) is 0 Å². The summed E-state index contributed by atoms with van der Waals surface area (Å²) >= 11 is 0.